The predicted molar refractivity (Wildman–Crippen MR) is 88.8 cm³/mol. The first-order valence-electron chi connectivity index (χ1n) is 6.53. The molecule has 0 fully saturated rings. The van der Waals surface area contributed by atoms with Gasteiger partial charge in [-0.15, -0.1) is 11.8 Å². The molecule has 1 heterocycles. The number of halogens is 2. The minimum atomic E-state index is -0.733. The van der Waals surface area contributed by atoms with Crippen molar-refractivity contribution < 1.29 is 13.6 Å². The normalized spacial score (nSPS) is 10.7. The summed E-state index contributed by atoms with van der Waals surface area (Å²) in [5.74, 6) is -1.73. The van der Waals surface area contributed by atoms with Crippen molar-refractivity contribution in [3.05, 3.63) is 53.6 Å². The number of nitrogens with one attached hydrogen (secondary N) is 2. The standard InChI is InChI=1S/C15H11F2N3OS2/c1-22-11-5-3-2-4-9(11)14(21)19-20-15-18-13-10(17)6-8(16)7-12(13)23-15/h2-7H,1H3,(H,18,20)(H,19,21). The third-order valence-corrected chi connectivity index (χ3v) is 4.76. The molecule has 118 valence electrons. The van der Waals surface area contributed by atoms with Crippen LogP contribution in [0.25, 0.3) is 10.2 Å². The summed E-state index contributed by atoms with van der Waals surface area (Å²) in [6, 6.07) is 9.14. The largest absolute Gasteiger partial charge is 0.273 e. The highest BCUT2D eigenvalue weighted by molar-refractivity contribution is 7.98. The molecular formula is C15H11F2N3OS2. The molecule has 8 heteroatoms. The fraction of sp³-hybridized carbons (Fsp3) is 0.0667. The number of anilines is 1. The van der Waals surface area contributed by atoms with Gasteiger partial charge < -0.3 is 0 Å². The summed E-state index contributed by atoms with van der Waals surface area (Å²) in [6.45, 7) is 0. The lowest BCUT2D eigenvalue weighted by molar-refractivity contribution is 0.0960. The van der Waals surface area contributed by atoms with Crippen LogP contribution in [0.4, 0.5) is 13.9 Å². The van der Waals surface area contributed by atoms with E-state index >= 15 is 0 Å². The molecule has 1 amide bonds. The summed E-state index contributed by atoms with van der Waals surface area (Å²) in [7, 11) is 0. The zero-order valence-electron chi connectivity index (χ0n) is 11.9. The number of amides is 1. The molecule has 0 aliphatic heterocycles. The van der Waals surface area contributed by atoms with E-state index in [0.29, 0.717) is 10.3 Å². The SMILES string of the molecule is CSc1ccccc1C(=O)NNc1nc2c(F)cc(F)cc2s1. The molecule has 3 aromatic rings. The van der Waals surface area contributed by atoms with Crippen LogP contribution in [0.5, 0.6) is 0 Å². The van der Waals surface area contributed by atoms with Gasteiger partial charge in [-0.3, -0.25) is 15.6 Å². The van der Waals surface area contributed by atoms with Crippen molar-refractivity contribution >= 4 is 44.4 Å². The first-order valence-corrected chi connectivity index (χ1v) is 8.57. The fourth-order valence-electron chi connectivity index (χ4n) is 2.02. The molecule has 2 aromatic carbocycles. The van der Waals surface area contributed by atoms with Gasteiger partial charge in [0.1, 0.15) is 11.3 Å². The van der Waals surface area contributed by atoms with Crippen LogP contribution in [0.2, 0.25) is 0 Å². The fourth-order valence-corrected chi connectivity index (χ4v) is 3.47. The van der Waals surface area contributed by atoms with Crippen molar-refractivity contribution in [3.63, 3.8) is 0 Å². The van der Waals surface area contributed by atoms with Crippen molar-refractivity contribution in [2.45, 2.75) is 4.90 Å². The molecule has 0 atom stereocenters. The second-order valence-electron chi connectivity index (χ2n) is 4.53. The highest BCUT2D eigenvalue weighted by Crippen LogP contribution is 2.28. The molecule has 0 unspecified atom stereocenters. The molecule has 0 bridgehead atoms. The highest BCUT2D eigenvalue weighted by atomic mass is 32.2. The second-order valence-corrected chi connectivity index (χ2v) is 6.41. The average Bonchev–Trinajstić information content (AvgIpc) is 2.95. The Morgan fingerprint density at radius 2 is 2.04 bits per heavy atom. The Balaban J connectivity index is 1.78. The number of nitrogens with zero attached hydrogens (tertiary/aromatic N) is 1. The maximum atomic E-state index is 13.6. The summed E-state index contributed by atoms with van der Waals surface area (Å²) < 4.78 is 27.1. The Morgan fingerprint density at radius 1 is 1.26 bits per heavy atom. The van der Waals surface area contributed by atoms with Gasteiger partial charge in [-0.1, -0.05) is 23.5 Å². The summed E-state index contributed by atoms with van der Waals surface area (Å²) in [5.41, 5.74) is 5.74. The molecule has 23 heavy (non-hydrogen) atoms. The Morgan fingerprint density at radius 3 is 2.83 bits per heavy atom. The molecule has 2 N–H and O–H groups in total. The van der Waals surface area contributed by atoms with Crippen LogP contribution in [0, 0.1) is 11.6 Å². The van der Waals surface area contributed by atoms with Crippen molar-refractivity contribution in [3.8, 4) is 0 Å². The van der Waals surface area contributed by atoms with Crippen LogP contribution in [-0.2, 0) is 0 Å². The molecule has 0 radical (unpaired) electrons. The van der Waals surface area contributed by atoms with E-state index in [2.05, 4.69) is 15.8 Å². The van der Waals surface area contributed by atoms with Gasteiger partial charge in [0.2, 0.25) is 5.13 Å². The lowest BCUT2D eigenvalue weighted by atomic mass is 10.2. The number of rotatable bonds is 4. The van der Waals surface area contributed by atoms with Crippen LogP contribution in [0.15, 0.2) is 41.3 Å². The smallest absolute Gasteiger partial charge is 0.270 e. The minimum Gasteiger partial charge on any atom is -0.273 e. The Hall–Kier alpha value is -2.19. The molecule has 0 saturated heterocycles. The molecule has 1 aromatic heterocycles. The number of hydrogen-bond donors (Lipinski definition) is 2. The monoisotopic (exact) mass is 351 g/mol. The summed E-state index contributed by atoms with van der Waals surface area (Å²) in [4.78, 5) is 17.0. The van der Waals surface area contributed by atoms with Gasteiger partial charge in [0.05, 0.1) is 10.3 Å². The number of fused-ring (bicyclic) bond motifs is 1. The summed E-state index contributed by atoms with van der Waals surface area (Å²) in [6.07, 6.45) is 1.88. The molecular weight excluding hydrogens is 340 g/mol. The molecule has 0 saturated carbocycles. The average molecular weight is 351 g/mol. The van der Waals surface area contributed by atoms with Crippen LogP contribution in [0.3, 0.4) is 0 Å². The van der Waals surface area contributed by atoms with E-state index < -0.39 is 11.6 Å². The van der Waals surface area contributed by atoms with Gasteiger partial charge in [0.25, 0.3) is 5.91 Å². The number of carbonyl (C=O) groups is 1. The third kappa shape index (κ3) is 3.27. The molecule has 4 nitrogen and oxygen atoms in total. The number of thioether (sulfide) groups is 1. The number of benzene rings is 2. The number of hydrazine groups is 1. The van der Waals surface area contributed by atoms with Crippen molar-refractivity contribution in [1.29, 1.82) is 0 Å². The summed E-state index contributed by atoms with van der Waals surface area (Å²) in [5, 5.41) is 0.277. The minimum absolute atomic E-state index is 0.0673. The van der Waals surface area contributed by atoms with Crippen LogP contribution in [-0.4, -0.2) is 17.1 Å². The van der Waals surface area contributed by atoms with Crippen molar-refractivity contribution in [1.82, 2.24) is 10.4 Å². The topological polar surface area (TPSA) is 54.0 Å². The van der Waals surface area contributed by atoms with E-state index in [1.807, 2.05) is 18.4 Å². The second kappa shape index (κ2) is 6.51. The van der Waals surface area contributed by atoms with E-state index in [4.69, 9.17) is 0 Å². The van der Waals surface area contributed by atoms with Gasteiger partial charge in [0, 0.05) is 11.0 Å². The zero-order valence-corrected chi connectivity index (χ0v) is 13.5. The van der Waals surface area contributed by atoms with Gasteiger partial charge >= 0.3 is 0 Å². The quantitative estimate of drug-likeness (QED) is 0.550. The zero-order chi connectivity index (χ0) is 16.4. The lowest BCUT2D eigenvalue weighted by Gasteiger charge is -2.08. The van der Waals surface area contributed by atoms with E-state index in [1.165, 1.54) is 17.8 Å². The van der Waals surface area contributed by atoms with E-state index in [9.17, 15) is 13.6 Å². The predicted octanol–water partition coefficient (Wildman–Crippen LogP) is 4.05. The van der Waals surface area contributed by atoms with Crippen molar-refractivity contribution in [2.24, 2.45) is 0 Å². The molecule has 0 aliphatic rings. The van der Waals surface area contributed by atoms with Crippen LogP contribution < -0.4 is 10.9 Å². The number of hydrogen-bond acceptors (Lipinski definition) is 5. The van der Waals surface area contributed by atoms with Gasteiger partial charge in [-0.2, -0.15) is 0 Å². The molecule has 0 spiro atoms. The van der Waals surface area contributed by atoms with E-state index in [1.54, 1.807) is 12.1 Å². The van der Waals surface area contributed by atoms with Gasteiger partial charge in [-0.25, -0.2) is 13.8 Å². The third-order valence-electron chi connectivity index (χ3n) is 3.05. The lowest BCUT2D eigenvalue weighted by Crippen LogP contribution is -2.29. The van der Waals surface area contributed by atoms with E-state index in [-0.39, 0.29) is 16.6 Å². The van der Waals surface area contributed by atoms with Crippen molar-refractivity contribution in [2.75, 3.05) is 11.7 Å². The summed E-state index contributed by atoms with van der Waals surface area (Å²) >= 11 is 2.51. The number of thiazole rings is 1. The van der Waals surface area contributed by atoms with Gasteiger partial charge in [0.15, 0.2) is 5.82 Å². The number of carbonyl (C=O) groups excluding carboxylic acids is 1. The Kier molecular flexibility index (Phi) is 4.44. The first-order chi connectivity index (χ1) is 11.1. The maximum absolute atomic E-state index is 13.6. The molecule has 3 rings (SSSR count). The highest BCUT2D eigenvalue weighted by Gasteiger charge is 2.13. The molecule has 0 aliphatic carbocycles. The maximum Gasteiger partial charge on any atom is 0.270 e. The Bertz CT molecular complexity index is 882. The Labute approximate surface area is 138 Å². The number of aromatic nitrogens is 1. The first kappa shape index (κ1) is 15.7. The van der Waals surface area contributed by atoms with Crippen LogP contribution >= 0.6 is 23.1 Å². The van der Waals surface area contributed by atoms with E-state index in [0.717, 1.165) is 22.3 Å². The van der Waals surface area contributed by atoms with Crippen LogP contribution in [0.1, 0.15) is 10.4 Å². The van der Waals surface area contributed by atoms with Gasteiger partial charge in [-0.05, 0) is 24.5 Å².